The second-order valence-corrected chi connectivity index (χ2v) is 4.96. The molecule has 0 bridgehead atoms. The molecule has 19 heavy (non-hydrogen) atoms. The Morgan fingerprint density at radius 3 is 2.74 bits per heavy atom. The number of aryl methyl sites for hydroxylation is 1. The van der Waals surface area contributed by atoms with Crippen LogP contribution in [0, 0.1) is 5.82 Å². The predicted molar refractivity (Wildman–Crippen MR) is 77.6 cm³/mol. The van der Waals surface area contributed by atoms with Crippen LogP contribution in [0.25, 0.3) is 11.0 Å². The van der Waals surface area contributed by atoms with Crippen molar-refractivity contribution in [1.82, 2.24) is 5.32 Å². The molecule has 4 heteroatoms. The molecule has 1 aromatic heterocycles. The standard InChI is InChI=1S/C15H18FNO.ClH/c1-2-13-15(10-5-7-17-8-6-10)12-4-3-11(16)9-14(12)18-13;/h3-4,9-10,17H,2,5-8H2,1H3;1H. The van der Waals surface area contributed by atoms with Crippen molar-refractivity contribution in [3.05, 3.63) is 35.3 Å². The van der Waals surface area contributed by atoms with E-state index in [0.29, 0.717) is 11.5 Å². The molecule has 2 heterocycles. The first-order valence-corrected chi connectivity index (χ1v) is 6.71. The van der Waals surface area contributed by atoms with Crippen molar-refractivity contribution in [2.75, 3.05) is 13.1 Å². The minimum Gasteiger partial charge on any atom is -0.461 e. The Morgan fingerprint density at radius 2 is 2.05 bits per heavy atom. The van der Waals surface area contributed by atoms with Crippen molar-refractivity contribution >= 4 is 23.4 Å². The third-order valence-electron chi connectivity index (χ3n) is 3.84. The van der Waals surface area contributed by atoms with E-state index in [2.05, 4.69) is 12.2 Å². The van der Waals surface area contributed by atoms with Gasteiger partial charge in [-0.2, -0.15) is 0 Å². The predicted octanol–water partition coefficient (Wildman–Crippen LogP) is 4.02. The summed E-state index contributed by atoms with van der Waals surface area (Å²) in [5.74, 6) is 1.35. The zero-order valence-corrected chi connectivity index (χ0v) is 11.9. The first-order chi connectivity index (χ1) is 8.79. The molecule has 104 valence electrons. The Morgan fingerprint density at radius 1 is 1.32 bits per heavy atom. The van der Waals surface area contributed by atoms with Gasteiger partial charge in [0.25, 0.3) is 0 Å². The Kier molecular flexibility index (Phi) is 4.48. The van der Waals surface area contributed by atoms with Gasteiger partial charge in [0.2, 0.25) is 0 Å². The fourth-order valence-corrected chi connectivity index (χ4v) is 2.96. The number of nitrogens with one attached hydrogen (secondary N) is 1. The third-order valence-corrected chi connectivity index (χ3v) is 3.84. The molecular formula is C15H19ClFNO. The Bertz CT molecular complexity index is 561. The lowest BCUT2D eigenvalue weighted by Gasteiger charge is -2.23. The minimum absolute atomic E-state index is 0. The summed E-state index contributed by atoms with van der Waals surface area (Å²) in [4.78, 5) is 0. The summed E-state index contributed by atoms with van der Waals surface area (Å²) in [7, 11) is 0. The summed E-state index contributed by atoms with van der Waals surface area (Å²) < 4.78 is 19.1. The lowest BCUT2D eigenvalue weighted by atomic mass is 9.87. The first-order valence-electron chi connectivity index (χ1n) is 6.71. The number of hydrogen-bond acceptors (Lipinski definition) is 2. The van der Waals surface area contributed by atoms with E-state index in [9.17, 15) is 4.39 Å². The number of benzene rings is 1. The fourth-order valence-electron chi connectivity index (χ4n) is 2.96. The average molecular weight is 284 g/mol. The minimum atomic E-state index is -0.226. The quantitative estimate of drug-likeness (QED) is 0.900. The summed E-state index contributed by atoms with van der Waals surface area (Å²) in [5, 5.41) is 4.48. The van der Waals surface area contributed by atoms with Crippen molar-refractivity contribution in [2.24, 2.45) is 0 Å². The fraction of sp³-hybridized carbons (Fsp3) is 0.467. The highest BCUT2D eigenvalue weighted by Crippen LogP contribution is 2.36. The Labute approximate surface area is 118 Å². The molecule has 0 saturated carbocycles. The lowest BCUT2D eigenvalue weighted by Crippen LogP contribution is -2.26. The van der Waals surface area contributed by atoms with E-state index in [1.165, 1.54) is 17.7 Å². The zero-order valence-electron chi connectivity index (χ0n) is 11.0. The molecule has 1 fully saturated rings. The van der Waals surface area contributed by atoms with Crippen LogP contribution in [0.4, 0.5) is 4.39 Å². The van der Waals surface area contributed by atoms with E-state index in [1.807, 2.05) is 6.07 Å². The normalized spacial score (nSPS) is 16.5. The van der Waals surface area contributed by atoms with E-state index in [1.54, 1.807) is 0 Å². The second kappa shape index (κ2) is 5.93. The van der Waals surface area contributed by atoms with Gasteiger partial charge in [0.1, 0.15) is 17.2 Å². The van der Waals surface area contributed by atoms with Gasteiger partial charge in [-0.25, -0.2) is 4.39 Å². The largest absolute Gasteiger partial charge is 0.461 e. The van der Waals surface area contributed by atoms with Crippen molar-refractivity contribution in [3.63, 3.8) is 0 Å². The van der Waals surface area contributed by atoms with Gasteiger partial charge in [-0.3, -0.25) is 0 Å². The maximum absolute atomic E-state index is 13.3. The molecule has 0 aliphatic carbocycles. The zero-order chi connectivity index (χ0) is 12.5. The maximum atomic E-state index is 13.3. The molecular weight excluding hydrogens is 265 g/mol. The number of hydrogen-bond donors (Lipinski definition) is 1. The number of piperidine rings is 1. The van der Waals surface area contributed by atoms with Crippen molar-refractivity contribution in [2.45, 2.75) is 32.1 Å². The first kappa shape index (κ1) is 14.4. The van der Waals surface area contributed by atoms with E-state index in [-0.39, 0.29) is 18.2 Å². The van der Waals surface area contributed by atoms with Crippen LogP contribution in [-0.4, -0.2) is 13.1 Å². The molecule has 0 atom stereocenters. The van der Waals surface area contributed by atoms with Crippen LogP contribution >= 0.6 is 12.4 Å². The van der Waals surface area contributed by atoms with Crippen LogP contribution in [0.15, 0.2) is 22.6 Å². The van der Waals surface area contributed by atoms with Gasteiger partial charge in [0.15, 0.2) is 0 Å². The molecule has 1 saturated heterocycles. The monoisotopic (exact) mass is 283 g/mol. The van der Waals surface area contributed by atoms with Crippen LogP contribution in [0.5, 0.6) is 0 Å². The molecule has 1 aromatic carbocycles. The molecule has 2 aromatic rings. The summed E-state index contributed by atoms with van der Waals surface area (Å²) in [6.45, 7) is 4.21. The molecule has 1 N–H and O–H groups in total. The summed E-state index contributed by atoms with van der Waals surface area (Å²) in [6, 6.07) is 4.89. The van der Waals surface area contributed by atoms with Gasteiger partial charge < -0.3 is 9.73 Å². The molecule has 0 amide bonds. The van der Waals surface area contributed by atoms with Gasteiger partial charge >= 0.3 is 0 Å². The number of fused-ring (bicyclic) bond motifs is 1. The number of furan rings is 1. The van der Waals surface area contributed by atoms with Gasteiger partial charge in [-0.15, -0.1) is 12.4 Å². The van der Waals surface area contributed by atoms with Gasteiger partial charge in [-0.05, 0) is 44.0 Å². The van der Waals surface area contributed by atoms with E-state index in [4.69, 9.17) is 4.42 Å². The van der Waals surface area contributed by atoms with Crippen LogP contribution in [0.2, 0.25) is 0 Å². The lowest BCUT2D eigenvalue weighted by molar-refractivity contribution is 0.449. The van der Waals surface area contributed by atoms with Gasteiger partial charge in [0, 0.05) is 23.4 Å². The van der Waals surface area contributed by atoms with Crippen LogP contribution in [0.1, 0.15) is 37.0 Å². The van der Waals surface area contributed by atoms with Crippen LogP contribution in [0.3, 0.4) is 0 Å². The van der Waals surface area contributed by atoms with Crippen molar-refractivity contribution in [1.29, 1.82) is 0 Å². The molecule has 0 unspecified atom stereocenters. The van der Waals surface area contributed by atoms with E-state index >= 15 is 0 Å². The smallest absolute Gasteiger partial charge is 0.137 e. The Hall–Kier alpha value is -1.06. The number of halogens is 2. The van der Waals surface area contributed by atoms with E-state index < -0.39 is 0 Å². The second-order valence-electron chi connectivity index (χ2n) is 4.96. The third kappa shape index (κ3) is 2.63. The SMILES string of the molecule is CCc1oc2cc(F)ccc2c1C1CCNCC1.Cl. The van der Waals surface area contributed by atoms with Crippen LogP contribution < -0.4 is 5.32 Å². The van der Waals surface area contributed by atoms with Crippen molar-refractivity contribution in [3.8, 4) is 0 Å². The topological polar surface area (TPSA) is 25.2 Å². The van der Waals surface area contributed by atoms with Gasteiger partial charge in [0.05, 0.1) is 0 Å². The highest BCUT2D eigenvalue weighted by atomic mass is 35.5. The summed E-state index contributed by atoms with van der Waals surface area (Å²) >= 11 is 0. The van der Waals surface area contributed by atoms with Crippen molar-refractivity contribution < 1.29 is 8.81 Å². The highest BCUT2D eigenvalue weighted by molar-refractivity contribution is 5.85. The summed E-state index contributed by atoms with van der Waals surface area (Å²) in [6.07, 6.45) is 3.15. The number of rotatable bonds is 2. The molecule has 1 aliphatic heterocycles. The van der Waals surface area contributed by atoms with Crippen LogP contribution in [-0.2, 0) is 6.42 Å². The van der Waals surface area contributed by atoms with Gasteiger partial charge in [-0.1, -0.05) is 6.92 Å². The molecule has 3 rings (SSSR count). The molecule has 0 spiro atoms. The Balaban J connectivity index is 0.00000133. The maximum Gasteiger partial charge on any atom is 0.137 e. The molecule has 0 radical (unpaired) electrons. The molecule has 2 nitrogen and oxygen atoms in total. The average Bonchev–Trinajstić information content (AvgIpc) is 2.77. The van der Waals surface area contributed by atoms with E-state index in [0.717, 1.165) is 43.5 Å². The highest BCUT2D eigenvalue weighted by Gasteiger charge is 2.23. The molecule has 1 aliphatic rings. The summed E-state index contributed by atoms with van der Waals surface area (Å²) in [5.41, 5.74) is 2.01.